The van der Waals surface area contributed by atoms with Crippen LogP contribution in [0, 0.1) is 6.92 Å². The van der Waals surface area contributed by atoms with E-state index in [1.807, 2.05) is 30.5 Å². The molecule has 0 unspecified atom stereocenters. The summed E-state index contributed by atoms with van der Waals surface area (Å²) in [7, 11) is 0. The van der Waals surface area contributed by atoms with Crippen molar-refractivity contribution in [3.63, 3.8) is 0 Å². The highest BCUT2D eigenvalue weighted by molar-refractivity contribution is 5.93. The number of amides is 2. The van der Waals surface area contributed by atoms with E-state index in [0.29, 0.717) is 19.4 Å². The van der Waals surface area contributed by atoms with Crippen LogP contribution in [-0.4, -0.2) is 37.6 Å². The van der Waals surface area contributed by atoms with Crippen molar-refractivity contribution in [2.75, 3.05) is 11.9 Å². The maximum Gasteiger partial charge on any atom is 0.268 e. The molecule has 0 aliphatic carbocycles. The van der Waals surface area contributed by atoms with Crippen LogP contribution in [0.25, 0.3) is 10.9 Å². The van der Waals surface area contributed by atoms with E-state index < -0.39 is 5.91 Å². The third-order valence-electron chi connectivity index (χ3n) is 6.24. The minimum absolute atomic E-state index is 0.000255. The molecule has 4 aromatic rings. The molecule has 1 atom stereocenters. The number of aliphatic hydroxyl groups is 1. The van der Waals surface area contributed by atoms with Gasteiger partial charge in [-0.25, -0.2) is 4.98 Å². The van der Waals surface area contributed by atoms with E-state index in [0.717, 1.165) is 29.4 Å². The number of primary amides is 1. The second-order valence-electron chi connectivity index (χ2n) is 8.87. The minimum atomic E-state index is -0.596. The normalized spacial score (nSPS) is 12.1. The van der Waals surface area contributed by atoms with Crippen molar-refractivity contribution in [3.05, 3.63) is 84.1 Å². The van der Waals surface area contributed by atoms with Crippen LogP contribution >= 0.6 is 0 Å². The van der Waals surface area contributed by atoms with Crippen molar-refractivity contribution in [2.24, 2.45) is 5.73 Å². The van der Waals surface area contributed by atoms with Gasteiger partial charge in [0.25, 0.3) is 5.91 Å². The Balaban J connectivity index is 1.35. The number of imidazole rings is 1. The third-order valence-corrected chi connectivity index (χ3v) is 6.24. The van der Waals surface area contributed by atoms with Crippen LogP contribution in [0.15, 0.2) is 67.3 Å². The molecule has 8 nitrogen and oxygen atoms in total. The smallest absolute Gasteiger partial charge is 0.268 e. The summed E-state index contributed by atoms with van der Waals surface area (Å²) in [6.07, 6.45) is 7.83. The Morgan fingerprint density at radius 2 is 1.94 bits per heavy atom. The summed E-state index contributed by atoms with van der Waals surface area (Å²) in [6, 6.07) is 16.1. The molecule has 4 N–H and O–H groups in total. The van der Waals surface area contributed by atoms with E-state index >= 15 is 0 Å². The maximum absolute atomic E-state index is 12.5. The zero-order valence-corrected chi connectivity index (χ0v) is 19.9. The number of fused-ring (bicyclic) bond motifs is 1. The van der Waals surface area contributed by atoms with E-state index in [-0.39, 0.29) is 24.2 Å². The van der Waals surface area contributed by atoms with Gasteiger partial charge in [-0.1, -0.05) is 35.9 Å². The lowest BCUT2D eigenvalue weighted by Gasteiger charge is -2.16. The summed E-state index contributed by atoms with van der Waals surface area (Å²) in [6.45, 7) is 2.63. The molecule has 0 radical (unpaired) electrons. The number of rotatable bonds is 11. The van der Waals surface area contributed by atoms with Gasteiger partial charge in [0.05, 0.1) is 24.5 Å². The zero-order valence-electron chi connectivity index (χ0n) is 19.9. The van der Waals surface area contributed by atoms with Crippen LogP contribution in [0.2, 0.25) is 0 Å². The van der Waals surface area contributed by atoms with E-state index in [1.54, 1.807) is 10.8 Å². The van der Waals surface area contributed by atoms with Gasteiger partial charge in [-0.15, -0.1) is 0 Å². The molecule has 2 aromatic heterocycles. The van der Waals surface area contributed by atoms with Gasteiger partial charge in [-0.05, 0) is 55.3 Å². The fourth-order valence-electron chi connectivity index (χ4n) is 4.17. The summed E-state index contributed by atoms with van der Waals surface area (Å²) < 4.78 is 3.81. The summed E-state index contributed by atoms with van der Waals surface area (Å²) >= 11 is 0. The number of hydrogen-bond donors (Lipinski definition) is 3. The van der Waals surface area contributed by atoms with Gasteiger partial charge < -0.3 is 25.3 Å². The van der Waals surface area contributed by atoms with Crippen molar-refractivity contribution in [1.82, 2.24) is 14.1 Å². The van der Waals surface area contributed by atoms with Gasteiger partial charge in [-0.2, -0.15) is 0 Å². The van der Waals surface area contributed by atoms with Crippen LogP contribution < -0.4 is 11.1 Å². The van der Waals surface area contributed by atoms with Gasteiger partial charge in [0.1, 0.15) is 5.69 Å². The first kappa shape index (κ1) is 24.2. The largest absolute Gasteiger partial charge is 0.394 e. The van der Waals surface area contributed by atoms with Gasteiger partial charge in [0, 0.05) is 31.0 Å². The molecule has 0 saturated heterocycles. The fourth-order valence-corrected chi connectivity index (χ4v) is 4.17. The number of hydrogen-bond acceptors (Lipinski definition) is 4. The van der Waals surface area contributed by atoms with E-state index in [4.69, 9.17) is 5.73 Å². The van der Waals surface area contributed by atoms with Gasteiger partial charge in [-0.3, -0.25) is 9.59 Å². The van der Waals surface area contributed by atoms with Crippen molar-refractivity contribution in [1.29, 1.82) is 0 Å². The summed E-state index contributed by atoms with van der Waals surface area (Å²) in [5.74, 6) is -0.596. The number of carbonyl (C=O) groups is 2. The Morgan fingerprint density at radius 3 is 2.66 bits per heavy atom. The molecule has 0 aliphatic heterocycles. The number of nitrogens with two attached hydrogens (primary N) is 1. The number of nitrogens with zero attached hydrogens (tertiary/aromatic N) is 3. The van der Waals surface area contributed by atoms with Crippen molar-refractivity contribution >= 4 is 28.4 Å². The van der Waals surface area contributed by atoms with Crippen LogP contribution in [0.4, 0.5) is 5.69 Å². The second kappa shape index (κ2) is 11.0. The van der Waals surface area contributed by atoms with Crippen LogP contribution in [-0.2, 0) is 17.8 Å². The van der Waals surface area contributed by atoms with Crippen molar-refractivity contribution in [3.8, 4) is 0 Å². The maximum atomic E-state index is 12.5. The Labute approximate surface area is 204 Å². The average Bonchev–Trinajstić information content (AvgIpc) is 3.49. The van der Waals surface area contributed by atoms with Crippen LogP contribution in [0.3, 0.4) is 0 Å². The number of aliphatic hydroxyl groups excluding tert-OH is 1. The highest BCUT2D eigenvalue weighted by Crippen LogP contribution is 2.23. The molecule has 4 rings (SSSR count). The number of aromatic nitrogens is 3. The lowest BCUT2D eigenvalue weighted by molar-refractivity contribution is -0.116. The molecule has 0 saturated carbocycles. The summed E-state index contributed by atoms with van der Waals surface area (Å²) in [5, 5.41) is 13.9. The predicted molar refractivity (Wildman–Crippen MR) is 136 cm³/mol. The lowest BCUT2D eigenvalue weighted by Crippen LogP contribution is -2.15. The molecular formula is C27H31N5O3. The van der Waals surface area contributed by atoms with E-state index in [9.17, 15) is 14.7 Å². The molecule has 35 heavy (non-hydrogen) atoms. The van der Waals surface area contributed by atoms with Gasteiger partial charge in [0.15, 0.2) is 0 Å². The number of nitrogens with one attached hydrogen (secondary N) is 1. The number of aryl methyl sites for hydroxylation is 3. The quantitative estimate of drug-likeness (QED) is 0.307. The topological polar surface area (TPSA) is 115 Å². The van der Waals surface area contributed by atoms with E-state index in [2.05, 4.69) is 46.1 Å². The van der Waals surface area contributed by atoms with Crippen LogP contribution in [0.1, 0.15) is 46.9 Å². The van der Waals surface area contributed by atoms with Crippen molar-refractivity contribution < 1.29 is 14.7 Å². The van der Waals surface area contributed by atoms with Crippen molar-refractivity contribution in [2.45, 2.75) is 45.2 Å². The molecule has 182 valence electrons. The molecule has 2 aromatic carbocycles. The number of carbonyl (C=O) groups excluding carboxylic acids is 2. The molecule has 0 fully saturated rings. The molecule has 0 bridgehead atoms. The molecule has 2 heterocycles. The molecule has 0 spiro atoms. The zero-order chi connectivity index (χ0) is 24.8. The van der Waals surface area contributed by atoms with E-state index in [1.165, 1.54) is 17.5 Å². The molecule has 0 aliphatic rings. The first-order chi connectivity index (χ1) is 16.9. The molecular weight excluding hydrogens is 442 g/mol. The highest BCUT2D eigenvalue weighted by Gasteiger charge is 2.14. The first-order valence-electron chi connectivity index (χ1n) is 11.8. The van der Waals surface area contributed by atoms with Crippen LogP contribution in [0.5, 0.6) is 0 Å². The number of anilines is 1. The first-order valence-corrected chi connectivity index (χ1v) is 11.8. The second-order valence-corrected chi connectivity index (χ2v) is 8.87. The summed E-state index contributed by atoms with van der Waals surface area (Å²) in [5.41, 5.74) is 9.69. The minimum Gasteiger partial charge on any atom is -0.394 e. The monoisotopic (exact) mass is 473 g/mol. The predicted octanol–water partition coefficient (Wildman–Crippen LogP) is 3.83. The average molecular weight is 474 g/mol. The third kappa shape index (κ3) is 6.16. The number of benzene rings is 2. The standard InChI is InChI=1S/C27H31N5O3/c1-19-5-7-20(8-6-19)3-2-4-26(34)30-22-10-9-21-11-13-31(25(21)15-22)14-12-23(17-33)32-16-24(27(28)35)29-18-32/h5-11,13,15-16,18,23,33H,2-4,12,14,17H2,1H3,(H2,28,35)(H,30,34)/t23-/m0/s1. The highest BCUT2D eigenvalue weighted by atomic mass is 16.3. The Kier molecular flexibility index (Phi) is 7.62. The Bertz CT molecular complexity index is 1310. The summed E-state index contributed by atoms with van der Waals surface area (Å²) in [4.78, 5) is 27.8. The SMILES string of the molecule is Cc1ccc(CCCC(=O)Nc2ccc3ccn(CC[C@@H](CO)n4cnc(C(N)=O)c4)c3c2)cc1. The molecule has 8 heteroatoms. The Morgan fingerprint density at radius 1 is 1.14 bits per heavy atom. The Hall–Kier alpha value is -3.91. The fraction of sp³-hybridized carbons (Fsp3) is 0.296. The lowest BCUT2D eigenvalue weighted by atomic mass is 10.1. The van der Waals surface area contributed by atoms with Gasteiger partial charge >= 0.3 is 0 Å². The van der Waals surface area contributed by atoms with Gasteiger partial charge in [0.2, 0.25) is 5.91 Å². The molecule has 2 amide bonds.